The highest BCUT2D eigenvalue weighted by Crippen LogP contribution is 2.29. The Kier molecular flexibility index (Phi) is 6.34. The number of halogens is 2. The lowest BCUT2D eigenvalue weighted by atomic mass is 10.2. The number of hydrogen-bond acceptors (Lipinski definition) is 2. The van der Waals surface area contributed by atoms with Crippen LogP contribution in [0.15, 0.2) is 10.6 Å². The summed E-state index contributed by atoms with van der Waals surface area (Å²) in [5, 5.41) is 4.96. The smallest absolute Gasteiger partial charge is 0.0431 e. The summed E-state index contributed by atoms with van der Waals surface area (Å²) in [6.07, 6.45) is 3.87. The Morgan fingerprint density at radius 1 is 1.57 bits per heavy atom. The third-order valence-electron chi connectivity index (χ3n) is 2.46. The van der Waals surface area contributed by atoms with Gasteiger partial charge >= 0.3 is 0 Å². The molecule has 1 aliphatic carbocycles. The van der Waals surface area contributed by atoms with Crippen molar-refractivity contribution < 1.29 is 0 Å². The highest BCUT2D eigenvalue weighted by Gasteiger charge is 2.23. The second kappa shape index (κ2) is 7.00. The maximum atomic E-state index is 5.80. The average Bonchev–Trinajstić information content (AvgIpc) is 2.63. The first-order valence-corrected chi connectivity index (χ1v) is 6.92. The Labute approximate surface area is 101 Å². The predicted molar refractivity (Wildman–Crippen MR) is 67.4 cm³/mol. The zero-order valence-corrected chi connectivity index (χ0v) is 10.8. The normalized spacial score (nSPS) is 28.4. The molecule has 0 aliphatic heterocycles. The SMILES string of the molecule is CCSC1CCC(NCC(Cl)=CCl)C1. The molecule has 0 aromatic carbocycles. The molecule has 0 radical (unpaired) electrons. The van der Waals surface area contributed by atoms with Crippen LogP contribution in [0.4, 0.5) is 0 Å². The van der Waals surface area contributed by atoms with E-state index in [1.54, 1.807) is 0 Å². The third-order valence-corrected chi connectivity index (χ3v) is 4.32. The van der Waals surface area contributed by atoms with Crippen molar-refractivity contribution in [1.29, 1.82) is 0 Å². The molecule has 1 fully saturated rings. The molecule has 1 rings (SSSR count). The van der Waals surface area contributed by atoms with Gasteiger partial charge in [-0.1, -0.05) is 30.1 Å². The van der Waals surface area contributed by atoms with Crippen LogP contribution in [0.5, 0.6) is 0 Å². The van der Waals surface area contributed by atoms with Crippen molar-refractivity contribution in [3.05, 3.63) is 10.6 Å². The molecule has 0 amide bonds. The molecular weight excluding hydrogens is 237 g/mol. The molecule has 0 heterocycles. The molecule has 0 bridgehead atoms. The maximum Gasteiger partial charge on any atom is 0.0431 e. The monoisotopic (exact) mass is 253 g/mol. The van der Waals surface area contributed by atoms with E-state index in [9.17, 15) is 0 Å². The van der Waals surface area contributed by atoms with Crippen LogP contribution >= 0.6 is 35.0 Å². The van der Waals surface area contributed by atoms with Crippen molar-refractivity contribution >= 4 is 35.0 Å². The Hall–Kier alpha value is 0.630. The van der Waals surface area contributed by atoms with Crippen LogP contribution in [0.3, 0.4) is 0 Å². The van der Waals surface area contributed by atoms with E-state index in [1.165, 1.54) is 30.6 Å². The number of nitrogens with one attached hydrogen (secondary N) is 1. The van der Waals surface area contributed by atoms with Crippen LogP contribution in [0.1, 0.15) is 26.2 Å². The largest absolute Gasteiger partial charge is 0.309 e. The van der Waals surface area contributed by atoms with Gasteiger partial charge in [-0.25, -0.2) is 0 Å². The quantitative estimate of drug-likeness (QED) is 0.805. The molecule has 0 saturated heterocycles. The number of thioether (sulfide) groups is 1. The minimum absolute atomic E-state index is 0.629. The standard InChI is InChI=1S/C10H17Cl2NS/c1-2-14-10-4-3-9(5-10)13-7-8(12)6-11/h6,9-10,13H,2-5,7H2,1H3. The highest BCUT2D eigenvalue weighted by molar-refractivity contribution is 7.99. The van der Waals surface area contributed by atoms with E-state index < -0.39 is 0 Å². The summed E-state index contributed by atoms with van der Waals surface area (Å²) in [4.78, 5) is 0. The fourth-order valence-corrected chi connectivity index (χ4v) is 3.09. The van der Waals surface area contributed by atoms with Gasteiger partial charge in [0.1, 0.15) is 0 Å². The van der Waals surface area contributed by atoms with Gasteiger partial charge in [-0.3, -0.25) is 0 Å². The van der Waals surface area contributed by atoms with Crippen LogP contribution in [-0.4, -0.2) is 23.6 Å². The van der Waals surface area contributed by atoms with Gasteiger partial charge in [0.25, 0.3) is 0 Å². The van der Waals surface area contributed by atoms with Crippen molar-refractivity contribution in [3.8, 4) is 0 Å². The molecule has 14 heavy (non-hydrogen) atoms. The summed E-state index contributed by atoms with van der Waals surface area (Å²) in [7, 11) is 0. The van der Waals surface area contributed by atoms with Gasteiger partial charge < -0.3 is 5.32 Å². The van der Waals surface area contributed by atoms with E-state index in [1.807, 2.05) is 0 Å². The van der Waals surface area contributed by atoms with Crippen molar-refractivity contribution in [1.82, 2.24) is 5.32 Å². The van der Waals surface area contributed by atoms with E-state index in [0.717, 1.165) is 5.25 Å². The molecule has 82 valence electrons. The highest BCUT2D eigenvalue weighted by atomic mass is 35.5. The number of hydrogen-bond donors (Lipinski definition) is 1. The van der Waals surface area contributed by atoms with Gasteiger partial charge in [-0.05, 0) is 25.0 Å². The summed E-state index contributed by atoms with van der Waals surface area (Å²) in [6, 6.07) is 0.629. The summed E-state index contributed by atoms with van der Waals surface area (Å²) >= 11 is 13.3. The molecule has 0 aromatic heterocycles. The molecule has 1 nitrogen and oxygen atoms in total. The zero-order chi connectivity index (χ0) is 10.4. The summed E-state index contributed by atoms with van der Waals surface area (Å²) in [6.45, 7) is 2.93. The fraction of sp³-hybridized carbons (Fsp3) is 0.800. The van der Waals surface area contributed by atoms with Gasteiger partial charge in [-0.2, -0.15) is 11.8 Å². The molecule has 1 N–H and O–H groups in total. The topological polar surface area (TPSA) is 12.0 Å². The molecule has 0 spiro atoms. The first kappa shape index (κ1) is 12.7. The third kappa shape index (κ3) is 4.43. The van der Waals surface area contributed by atoms with E-state index in [4.69, 9.17) is 23.2 Å². The van der Waals surface area contributed by atoms with Gasteiger partial charge in [0.05, 0.1) is 0 Å². The summed E-state index contributed by atoms with van der Waals surface area (Å²) < 4.78 is 0. The molecule has 1 aliphatic rings. The zero-order valence-electron chi connectivity index (χ0n) is 8.43. The van der Waals surface area contributed by atoms with E-state index in [2.05, 4.69) is 24.0 Å². The Morgan fingerprint density at radius 2 is 2.36 bits per heavy atom. The summed E-state index contributed by atoms with van der Waals surface area (Å²) in [5.74, 6) is 1.22. The lowest BCUT2D eigenvalue weighted by Crippen LogP contribution is -2.27. The summed E-state index contributed by atoms with van der Waals surface area (Å²) in [5.41, 5.74) is 1.43. The first-order valence-electron chi connectivity index (χ1n) is 5.06. The van der Waals surface area contributed by atoms with Crippen LogP contribution in [0.25, 0.3) is 0 Å². The second-order valence-electron chi connectivity index (χ2n) is 3.52. The fourth-order valence-electron chi connectivity index (χ4n) is 1.79. The second-order valence-corrected chi connectivity index (χ2v) is 5.81. The molecule has 0 aromatic rings. The Balaban J connectivity index is 2.16. The Morgan fingerprint density at radius 3 is 3.00 bits per heavy atom. The van der Waals surface area contributed by atoms with Crippen molar-refractivity contribution in [3.63, 3.8) is 0 Å². The van der Waals surface area contributed by atoms with Gasteiger partial charge in [0.2, 0.25) is 0 Å². The van der Waals surface area contributed by atoms with Gasteiger partial charge in [0, 0.05) is 28.4 Å². The molecule has 1 saturated carbocycles. The lowest BCUT2D eigenvalue weighted by molar-refractivity contribution is 0.555. The van der Waals surface area contributed by atoms with Gasteiger partial charge in [-0.15, -0.1) is 0 Å². The maximum absolute atomic E-state index is 5.80. The van der Waals surface area contributed by atoms with Crippen LogP contribution < -0.4 is 5.32 Å². The van der Waals surface area contributed by atoms with Crippen molar-refractivity contribution in [2.24, 2.45) is 0 Å². The van der Waals surface area contributed by atoms with Crippen molar-refractivity contribution in [2.75, 3.05) is 12.3 Å². The molecule has 2 atom stereocenters. The van der Waals surface area contributed by atoms with E-state index in [0.29, 0.717) is 17.6 Å². The molecule has 2 unspecified atom stereocenters. The molecule has 4 heteroatoms. The van der Waals surface area contributed by atoms with Crippen LogP contribution in [-0.2, 0) is 0 Å². The lowest BCUT2D eigenvalue weighted by Gasteiger charge is -2.12. The number of rotatable bonds is 5. The van der Waals surface area contributed by atoms with Crippen LogP contribution in [0.2, 0.25) is 0 Å². The molecular formula is C10H17Cl2NS. The van der Waals surface area contributed by atoms with E-state index >= 15 is 0 Å². The van der Waals surface area contributed by atoms with Gasteiger partial charge in [0.15, 0.2) is 0 Å². The van der Waals surface area contributed by atoms with Crippen LogP contribution in [0, 0.1) is 0 Å². The predicted octanol–water partition coefficient (Wildman–Crippen LogP) is 3.57. The van der Waals surface area contributed by atoms with E-state index in [-0.39, 0.29) is 0 Å². The van der Waals surface area contributed by atoms with Crippen molar-refractivity contribution in [2.45, 2.75) is 37.5 Å². The Bertz CT molecular complexity index is 197. The minimum Gasteiger partial charge on any atom is -0.309 e. The average molecular weight is 254 g/mol. The first-order chi connectivity index (χ1) is 6.76. The minimum atomic E-state index is 0.629.